The zero-order chi connectivity index (χ0) is 71.4. The first-order chi connectivity index (χ1) is 43.1. The van der Waals surface area contributed by atoms with Gasteiger partial charge in [0.05, 0.1) is 18.8 Å². The molecular formula is C67H114N12O14. The summed E-state index contributed by atoms with van der Waals surface area (Å²) in [5, 5.41) is 34.6. The van der Waals surface area contributed by atoms with E-state index in [1.165, 1.54) is 70.8 Å². The van der Waals surface area contributed by atoms with Gasteiger partial charge in [0.15, 0.2) is 11.9 Å². The Labute approximate surface area is 552 Å². The van der Waals surface area contributed by atoms with Gasteiger partial charge < -0.3 is 65.6 Å². The van der Waals surface area contributed by atoms with Crippen LogP contribution in [0.25, 0.3) is 6.08 Å². The second kappa shape index (κ2) is 37.7. The summed E-state index contributed by atoms with van der Waals surface area (Å²) in [7, 11) is 8.07. The highest BCUT2D eigenvalue weighted by atomic mass is 16.6. The molecule has 1 saturated heterocycles. The van der Waals surface area contributed by atoms with E-state index in [9.17, 15) is 48.6 Å². The van der Waals surface area contributed by atoms with Gasteiger partial charge in [-0.15, -0.1) is 0 Å². The molecule has 2 rings (SSSR count). The predicted molar refractivity (Wildman–Crippen MR) is 353 cm³/mol. The number of cyclic esters (lactones) is 1. The Morgan fingerprint density at radius 2 is 0.925 bits per heavy atom. The highest BCUT2D eigenvalue weighted by Crippen LogP contribution is 2.25. The molecule has 0 bridgehead atoms. The number of aliphatic hydroxyl groups excluding tert-OH is 2. The fraction of sp³-hybridized carbons (Fsp3) is 0.746. The number of ether oxygens (including phenoxy) is 1. The number of allylic oxidation sites excluding steroid dienone is 1. The van der Waals surface area contributed by atoms with Crippen molar-refractivity contribution in [2.75, 3.05) is 48.8 Å². The van der Waals surface area contributed by atoms with Crippen LogP contribution in [-0.4, -0.2) is 236 Å². The summed E-state index contributed by atoms with van der Waals surface area (Å²) in [5.74, 6) is -11.6. The molecule has 0 spiro atoms. The summed E-state index contributed by atoms with van der Waals surface area (Å²) in [5.41, 5.74) is 0. The van der Waals surface area contributed by atoms with Crippen LogP contribution < -0.4 is 21.3 Å². The second-order valence-electron chi connectivity index (χ2n) is 28.2. The Bertz CT molecular complexity index is 2710. The molecular weight excluding hydrogens is 1200 g/mol. The van der Waals surface area contributed by atoms with Crippen LogP contribution in [0.15, 0.2) is 24.5 Å². The fourth-order valence-corrected chi connectivity index (χ4v) is 11.3. The first kappa shape index (κ1) is 82.0. The van der Waals surface area contributed by atoms with E-state index in [1.54, 1.807) is 65.2 Å². The number of carbonyl (C=O) groups excluding carboxylic acids is 11. The average Bonchev–Trinajstić information content (AvgIpc) is 1.06. The summed E-state index contributed by atoms with van der Waals surface area (Å²) in [6.07, 6.45) is 2.17. The van der Waals surface area contributed by atoms with Crippen molar-refractivity contribution >= 4 is 71.1 Å². The molecule has 26 heteroatoms. The minimum atomic E-state index is -1.81. The molecule has 0 radical (unpaired) electrons. The van der Waals surface area contributed by atoms with Crippen LogP contribution in [-0.2, 0) is 57.5 Å². The van der Waals surface area contributed by atoms with E-state index in [0.717, 1.165) is 14.7 Å². The van der Waals surface area contributed by atoms with Gasteiger partial charge in [0.25, 0.3) is 5.91 Å². The standard InChI is InChI=1S/C67H114N12O14/c1-36(2)30-46-62(87)76(20)49(33-39(7)8)58(83)70-44(16)67(92)93-57(42(13)14)66(91)77(21)50(34-40(9)10)60(85)72-47(31-37(3)4)63(88)78(22)54(41(11)12)65(90)79(23)55(56(82)43(15)26-24-27-51-68-28-25-29-69-51)61(86)73-53(45(17)80)64(89)74(18)35-52(81)75(19)48(32-38(5)6)59(84)71-46/h24-25,27-29,36-50,53-57,80,82H,26,30-35H2,1-23H3,(H,70,83)(H,71,84)(H,72,85)(H,73,86)/b27-24+/t43-,44+,45-,46+,47-,48+,49+,50+,53+,54+,55+,56-,57-/m1/s1. The lowest BCUT2D eigenvalue weighted by atomic mass is 9.91. The number of nitrogens with zero attached hydrogens (tertiary/aromatic N) is 8. The highest BCUT2D eigenvalue weighted by Gasteiger charge is 2.46. The van der Waals surface area contributed by atoms with Crippen molar-refractivity contribution in [2.45, 2.75) is 229 Å². The molecule has 0 aromatic carbocycles. The summed E-state index contributed by atoms with van der Waals surface area (Å²) >= 11 is 0. The van der Waals surface area contributed by atoms with Crippen molar-refractivity contribution in [1.29, 1.82) is 0 Å². The topological polar surface area (TPSA) is 331 Å². The Balaban J connectivity index is 3.04. The zero-order valence-electron chi connectivity index (χ0n) is 59.8. The van der Waals surface area contributed by atoms with Gasteiger partial charge in [0.2, 0.25) is 53.2 Å². The maximum Gasteiger partial charge on any atom is 0.329 e. The molecule has 2 heterocycles. The highest BCUT2D eigenvalue weighted by molar-refractivity contribution is 5.99. The number of nitrogens with one attached hydrogen (secondary N) is 4. The maximum atomic E-state index is 15.3. The van der Waals surface area contributed by atoms with E-state index >= 15 is 14.4 Å². The molecule has 526 valence electrons. The number of hydrogen-bond acceptors (Lipinski definition) is 16. The molecule has 13 atom stereocenters. The van der Waals surface area contributed by atoms with Gasteiger partial charge in [-0.1, -0.05) is 110 Å². The normalized spacial score (nSPS) is 25.9. The van der Waals surface area contributed by atoms with Gasteiger partial charge in [-0.2, -0.15) is 0 Å². The Kier molecular flexibility index (Phi) is 33.3. The van der Waals surface area contributed by atoms with Gasteiger partial charge >= 0.3 is 5.97 Å². The lowest BCUT2D eigenvalue weighted by Gasteiger charge is -2.40. The number of rotatable bonds is 18. The Morgan fingerprint density at radius 1 is 0.505 bits per heavy atom. The van der Waals surface area contributed by atoms with E-state index in [4.69, 9.17) is 4.74 Å². The smallest absolute Gasteiger partial charge is 0.329 e. The lowest BCUT2D eigenvalue weighted by molar-refractivity contribution is -0.166. The van der Waals surface area contributed by atoms with Crippen molar-refractivity contribution < 1.29 is 67.7 Å². The van der Waals surface area contributed by atoms with Crippen molar-refractivity contribution in [3.8, 4) is 0 Å². The molecule has 0 saturated carbocycles. The molecule has 1 aromatic rings. The largest absolute Gasteiger partial charge is 0.450 e. The van der Waals surface area contributed by atoms with Crippen molar-refractivity contribution in [3.05, 3.63) is 30.4 Å². The molecule has 0 unspecified atom stereocenters. The first-order valence-electron chi connectivity index (χ1n) is 32.9. The molecule has 10 amide bonds. The lowest BCUT2D eigenvalue weighted by Crippen LogP contribution is -2.64. The number of aliphatic hydroxyl groups is 2. The number of aromatic nitrogens is 2. The van der Waals surface area contributed by atoms with E-state index in [2.05, 4.69) is 31.2 Å². The first-order valence-corrected chi connectivity index (χ1v) is 32.9. The third-order valence-electron chi connectivity index (χ3n) is 16.7. The van der Waals surface area contributed by atoms with Crippen LogP contribution in [0.3, 0.4) is 0 Å². The molecule has 26 nitrogen and oxygen atoms in total. The number of amides is 10. The quantitative estimate of drug-likeness (QED) is 0.115. The molecule has 93 heavy (non-hydrogen) atoms. The summed E-state index contributed by atoms with van der Waals surface area (Å²) in [6, 6.07) is -10.8. The van der Waals surface area contributed by atoms with Crippen LogP contribution >= 0.6 is 0 Å². The van der Waals surface area contributed by atoms with Crippen LogP contribution in [0, 0.1) is 47.3 Å². The molecule has 1 fully saturated rings. The van der Waals surface area contributed by atoms with Crippen molar-refractivity contribution in [2.24, 2.45) is 47.3 Å². The number of hydrogen-bond donors (Lipinski definition) is 6. The maximum absolute atomic E-state index is 15.3. The Hall–Kier alpha value is -7.09. The van der Waals surface area contributed by atoms with Crippen LogP contribution in [0.4, 0.5) is 0 Å². The van der Waals surface area contributed by atoms with Crippen LogP contribution in [0.2, 0.25) is 0 Å². The summed E-state index contributed by atoms with van der Waals surface area (Å²) in [4.78, 5) is 177. The van der Waals surface area contributed by atoms with Gasteiger partial charge in [-0.25, -0.2) is 14.8 Å². The Morgan fingerprint density at radius 3 is 1.35 bits per heavy atom. The molecule has 1 aliphatic rings. The third kappa shape index (κ3) is 24.3. The van der Waals surface area contributed by atoms with Gasteiger partial charge in [-0.3, -0.25) is 47.9 Å². The molecule has 1 aliphatic heterocycles. The summed E-state index contributed by atoms with van der Waals surface area (Å²) in [6.45, 7) is 28.6. The SMILES string of the molecule is CC(C)C[C@@H]1NC(=O)[C@H](CC(C)C)N(C)C(=O)CN(C)C(=O)[C@H]([C@@H](C)O)NC(=O)[C@H]([C@H](O)[C@H](C)C/C=C/c2ncccn2)N(C)C(=O)[C@H](C(C)C)N(C)C(=O)[C@@H](CC(C)C)NC(=O)[C@H](CC(C)C)N(C)C(=O)[C@@H](C(C)C)OC(=O)[C@H](C)NC(=O)[C@H](CC(C)C)N(C)C1=O. The van der Waals surface area contributed by atoms with E-state index in [-0.39, 0.29) is 68.1 Å². The molecule has 1 aromatic heterocycles. The van der Waals surface area contributed by atoms with Gasteiger partial charge in [0.1, 0.15) is 54.4 Å². The van der Waals surface area contributed by atoms with Crippen molar-refractivity contribution in [1.82, 2.24) is 60.6 Å². The monoisotopic (exact) mass is 1310 g/mol. The average molecular weight is 1310 g/mol. The van der Waals surface area contributed by atoms with Gasteiger partial charge in [-0.05, 0) is 112 Å². The van der Waals surface area contributed by atoms with Crippen molar-refractivity contribution in [3.63, 3.8) is 0 Å². The fourth-order valence-electron chi connectivity index (χ4n) is 11.3. The second-order valence-corrected chi connectivity index (χ2v) is 28.2. The van der Waals surface area contributed by atoms with E-state index in [1.807, 2.05) is 69.2 Å². The van der Waals surface area contributed by atoms with E-state index < -0.39 is 162 Å². The van der Waals surface area contributed by atoms with Crippen LogP contribution in [0.1, 0.15) is 162 Å². The molecule has 6 N–H and O–H groups in total. The van der Waals surface area contributed by atoms with Crippen LogP contribution in [0.5, 0.6) is 0 Å². The minimum Gasteiger partial charge on any atom is -0.450 e. The molecule has 0 aliphatic carbocycles. The van der Waals surface area contributed by atoms with E-state index in [0.29, 0.717) is 5.82 Å². The predicted octanol–water partition coefficient (Wildman–Crippen LogP) is 3.28. The number of esters is 1. The summed E-state index contributed by atoms with van der Waals surface area (Å²) < 4.78 is 5.90. The number of carbonyl (C=O) groups is 11. The van der Waals surface area contributed by atoms with Gasteiger partial charge in [0, 0.05) is 54.7 Å². The minimum absolute atomic E-state index is 0.0631. The number of likely N-dealkylation sites (N-methyl/N-ethyl adjacent to an activating group) is 6. The zero-order valence-corrected chi connectivity index (χ0v) is 59.8. The third-order valence-corrected chi connectivity index (χ3v) is 16.7.